The minimum atomic E-state index is -1.02. The van der Waals surface area contributed by atoms with Crippen molar-refractivity contribution in [2.24, 2.45) is 0 Å². The molecule has 5 rings (SSSR count). The Morgan fingerprint density at radius 2 is 2.10 bits per heavy atom. The van der Waals surface area contributed by atoms with E-state index in [2.05, 4.69) is 23.4 Å². The van der Waals surface area contributed by atoms with Crippen LogP contribution in [0.3, 0.4) is 0 Å². The van der Waals surface area contributed by atoms with Gasteiger partial charge in [0.2, 0.25) is 6.54 Å². The van der Waals surface area contributed by atoms with Gasteiger partial charge < -0.3 is 29.0 Å². The maximum absolute atomic E-state index is 13.7. The van der Waals surface area contributed by atoms with Gasteiger partial charge in [0.1, 0.15) is 18.5 Å². The van der Waals surface area contributed by atoms with Crippen LogP contribution in [0.25, 0.3) is 4.85 Å². The molecule has 1 unspecified atom stereocenters. The molecule has 3 atom stereocenters. The maximum atomic E-state index is 13.7. The molecule has 3 aliphatic heterocycles. The number of hydrogen-bond acceptors (Lipinski definition) is 7. The third-order valence-electron chi connectivity index (χ3n) is 7.76. The molecule has 0 saturated carbocycles. The Balaban J connectivity index is 1.45. The molecule has 3 aliphatic rings. The average molecular weight is 555 g/mol. The second kappa shape index (κ2) is 11.9. The number of piperazine rings is 1. The molecule has 2 fully saturated rings. The van der Waals surface area contributed by atoms with Gasteiger partial charge in [-0.2, -0.15) is 9.97 Å². The Bertz CT molecular complexity index is 1290. The molecule has 0 bridgehead atoms. The first-order valence-corrected chi connectivity index (χ1v) is 13.6. The molecule has 0 radical (unpaired) electrons. The summed E-state index contributed by atoms with van der Waals surface area (Å²) in [5, 5.41) is 0.637. The minimum Gasteiger partial charge on any atom is -0.462 e. The van der Waals surface area contributed by atoms with Crippen LogP contribution in [0.1, 0.15) is 35.8 Å². The van der Waals surface area contributed by atoms with Crippen molar-refractivity contribution < 1.29 is 18.7 Å². The number of aromatic nitrogens is 2. The van der Waals surface area contributed by atoms with Crippen LogP contribution in [0.4, 0.5) is 10.2 Å². The number of ether oxygens (including phenoxy) is 2. The lowest BCUT2D eigenvalue weighted by molar-refractivity contribution is -0.131. The van der Waals surface area contributed by atoms with Crippen molar-refractivity contribution in [1.29, 1.82) is 0 Å². The minimum absolute atomic E-state index is 0.0469. The second-order valence-electron chi connectivity index (χ2n) is 10.2. The first-order chi connectivity index (χ1) is 18.9. The van der Waals surface area contributed by atoms with Crippen molar-refractivity contribution in [3.63, 3.8) is 0 Å². The summed E-state index contributed by atoms with van der Waals surface area (Å²) in [4.78, 5) is 31.2. The van der Waals surface area contributed by atoms with Crippen LogP contribution < -0.4 is 9.64 Å². The van der Waals surface area contributed by atoms with Gasteiger partial charge in [0.25, 0.3) is 5.91 Å². The largest absolute Gasteiger partial charge is 0.462 e. The molecular formula is C28H32ClFN6O3. The van der Waals surface area contributed by atoms with Gasteiger partial charge in [-0.15, -0.1) is 0 Å². The molecule has 206 valence electrons. The van der Waals surface area contributed by atoms with Gasteiger partial charge in [-0.05, 0) is 38.1 Å². The third kappa shape index (κ3) is 5.86. The smallest absolute Gasteiger partial charge is 0.318 e. The Kier molecular flexibility index (Phi) is 8.31. The number of likely N-dealkylation sites (N-methyl/N-ethyl adjacent to an activating group) is 1. The molecule has 11 heteroatoms. The molecular weight excluding hydrogens is 523 g/mol. The first kappa shape index (κ1) is 27.3. The maximum Gasteiger partial charge on any atom is 0.318 e. The average Bonchev–Trinajstić information content (AvgIpc) is 3.35. The first-order valence-electron chi connectivity index (χ1n) is 13.2. The van der Waals surface area contributed by atoms with E-state index in [1.165, 1.54) is 4.90 Å². The second-order valence-corrected chi connectivity index (χ2v) is 10.6. The number of benzene rings is 1. The van der Waals surface area contributed by atoms with Crippen LogP contribution in [0.2, 0.25) is 5.02 Å². The molecule has 0 aliphatic carbocycles. The van der Waals surface area contributed by atoms with Crippen molar-refractivity contribution in [2.75, 3.05) is 51.3 Å². The molecule has 39 heavy (non-hydrogen) atoms. The van der Waals surface area contributed by atoms with E-state index in [-0.39, 0.29) is 25.8 Å². The van der Waals surface area contributed by atoms with E-state index in [1.807, 2.05) is 29.2 Å². The van der Waals surface area contributed by atoms with Gasteiger partial charge in [-0.3, -0.25) is 4.79 Å². The summed E-state index contributed by atoms with van der Waals surface area (Å²) >= 11 is 6.47. The van der Waals surface area contributed by atoms with Crippen LogP contribution in [-0.4, -0.2) is 84.1 Å². The summed E-state index contributed by atoms with van der Waals surface area (Å²) in [6, 6.07) is 7.72. The normalized spacial score (nSPS) is 23.3. The van der Waals surface area contributed by atoms with E-state index >= 15 is 0 Å². The molecule has 1 amide bonds. The molecule has 4 heterocycles. The van der Waals surface area contributed by atoms with Gasteiger partial charge in [-0.1, -0.05) is 36.4 Å². The third-order valence-corrected chi connectivity index (χ3v) is 8.11. The summed E-state index contributed by atoms with van der Waals surface area (Å²) in [7, 11) is 2.09. The fraction of sp³-hybridized carbons (Fsp3) is 0.500. The van der Waals surface area contributed by atoms with Gasteiger partial charge in [-0.25, -0.2) is 11.0 Å². The highest BCUT2D eigenvalue weighted by molar-refractivity contribution is 6.31. The van der Waals surface area contributed by atoms with E-state index in [4.69, 9.17) is 37.6 Å². The Labute approximate surface area is 233 Å². The van der Waals surface area contributed by atoms with Crippen LogP contribution in [0, 0.1) is 6.57 Å². The monoisotopic (exact) mass is 554 g/mol. The quantitative estimate of drug-likeness (QED) is 0.380. The Hall–Kier alpha value is -3.26. The van der Waals surface area contributed by atoms with Crippen molar-refractivity contribution in [2.45, 2.75) is 44.1 Å². The number of fused-ring (bicyclic) bond motifs is 1. The summed E-state index contributed by atoms with van der Waals surface area (Å²) in [6.07, 6.45) is 2.43. The van der Waals surface area contributed by atoms with Crippen molar-refractivity contribution in [3.8, 4) is 6.01 Å². The van der Waals surface area contributed by atoms with Gasteiger partial charge in [0.15, 0.2) is 5.83 Å². The predicted octanol–water partition coefficient (Wildman–Crippen LogP) is 3.84. The SMILES string of the molecule is [C-]#[N+]C[C@H]1CN(c2nc(OC[C@@H]3CCCN3C)nc3c2COC(c2ccccc2Cl)C3)CCN1C(=O)C(=C)F. The lowest BCUT2D eigenvalue weighted by Gasteiger charge is -2.40. The molecule has 1 aromatic heterocycles. The zero-order valence-corrected chi connectivity index (χ0v) is 22.7. The van der Waals surface area contributed by atoms with Crippen LogP contribution in [-0.2, 0) is 22.6 Å². The Morgan fingerprint density at radius 1 is 1.28 bits per heavy atom. The molecule has 1 aromatic carbocycles. The summed E-state index contributed by atoms with van der Waals surface area (Å²) < 4.78 is 26.1. The van der Waals surface area contributed by atoms with Gasteiger partial charge in [0, 0.05) is 42.7 Å². The van der Waals surface area contributed by atoms with Crippen molar-refractivity contribution >= 4 is 23.3 Å². The van der Waals surface area contributed by atoms with Crippen molar-refractivity contribution in [3.05, 3.63) is 69.9 Å². The number of carbonyl (C=O) groups excluding carboxylic acids is 1. The highest BCUT2D eigenvalue weighted by Crippen LogP contribution is 2.37. The lowest BCUT2D eigenvalue weighted by Crippen LogP contribution is -2.57. The molecule has 0 N–H and O–H groups in total. The van der Waals surface area contributed by atoms with Gasteiger partial charge >= 0.3 is 6.01 Å². The summed E-state index contributed by atoms with van der Waals surface area (Å²) in [6.45, 7) is 13.4. The highest BCUT2D eigenvalue weighted by Gasteiger charge is 2.37. The molecule has 9 nitrogen and oxygen atoms in total. The Morgan fingerprint density at radius 3 is 2.82 bits per heavy atom. The van der Waals surface area contributed by atoms with Crippen LogP contribution >= 0.6 is 11.6 Å². The molecule has 2 aromatic rings. The number of amides is 1. The summed E-state index contributed by atoms with van der Waals surface area (Å²) in [5.74, 6) is -1.14. The fourth-order valence-corrected chi connectivity index (χ4v) is 5.84. The molecule has 2 saturated heterocycles. The van der Waals surface area contributed by atoms with E-state index < -0.39 is 17.8 Å². The van der Waals surface area contributed by atoms with Crippen molar-refractivity contribution in [1.82, 2.24) is 19.8 Å². The zero-order valence-electron chi connectivity index (χ0n) is 22.0. The molecule has 0 spiro atoms. The zero-order chi connectivity index (χ0) is 27.5. The topological polar surface area (TPSA) is 75.4 Å². The lowest BCUT2D eigenvalue weighted by atomic mass is 9.98. The highest BCUT2D eigenvalue weighted by atomic mass is 35.5. The van der Waals surface area contributed by atoms with E-state index in [1.54, 1.807) is 0 Å². The fourth-order valence-electron chi connectivity index (χ4n) is 5.59. The van der Waals surface area contributed by atoms with Crippen LogP contribution in [0.5, 0.6) is 6.01 Å². The summed E-state index contributed by atoms with van der Waals surface area (Å²) in [5.41, 5.74) is 2.57. The number of likely N-dealkylation sites (tertiary alicyclic amines) is 1. The van der Waals surface area contributed by atoms with E-state index in [0.29, 0.717) is 49.0 Å². The van der Waals surface area contributed by atoms with Gasteiger partial charge in [0.05, 0.1) is 18.4 Å². The number of anilines is 1. The number of hydrogen-bond donors (Lipinski definition) is 0. The number of carbonyl (C=O) groups is 1. The van der Waals surface area contributed by atoms with E-state index in [0.717, 1.165) is 36.2 Å². The number of rotatable bonds is 7. The number of nitrogens with zero attached hydrogens (tertiary/aromatic N) is 6. The van der Waals surface area contributed by atoms with Crippen LogP contribution in [0.15, 0.2) is 36.7 Å². The predicted molar refractivity (Wildman–Crippen MR) is 145 cm³/mol. The van der Waals surface area contributed by atoms with E-state index in [9.17, 15) is 9.18 Å². The standard InChI is InChI=1S/C28H32ClFN6O3/c1-18(30)27(37)36-12-11-35(15-20(36)14-31-2)26-22-17-38-25(21-8-4-5-9-23(21)29)13-24(22)32-28(33-26)39-16-19-7-6-10-34(19)3/h4-5,8-9,19-20,25H,1,6-7,10-17H2,3H3/t19-,20-,25?/m0/s1. The number of halogens is 2.